The maximum atomic E-state index is 12.2. The van der Waals surface area contributed by atoms with Crippen LogP contribution in [0, 0.1) is 0 Å². The van der Waals surface area contributed by atoms with Gasteiger partial charge in [0.1, 0.15) is 10.0 Å². The first-order valence-electron chi connectivity index (χ1n) is 7.25. The highest BCUT2D eigenvalue weighted by Crippen LogP contribution is 2.18. The van der Waals surface area contributed by atoms with Crippen LogP contribution in [-0.2, 0) is 10.0 Å². The van der Waals surface area contributed by atoms with Crippen LogP contribution >= 0.6 is 11.6 Å². The summed E-state index contributed by atoms with van der Waals surface area (Å²) in [6, 6.07) is 2.88. The van der Waals surface area contributed by atoms with E-state index in [-0.39, 0.29) is 16.1 Å². The topological polar surface area (TPSA) is 62.3 Å². The molecule has 120 valence electrons. The third kappa shape index (κ3) is 5.90. The molecule has 1 heterocycles. The van der Waals surface area contributed by atoms with Gasteiger partial charge in [-0.3, -0.25) is 0 Å². The molecule has 0 aliphatic heterocycles. The zero-order chi connectivity index (χ0) is 15.9. The highest BCUT2D eigenvalue weighted by molar-refractivity contribution is 7.89. The smallest absolute Gasteiger partial charge is 0.243 e. The van der Waals surface area contributed by atoms with Crippen molar-refractivity contribution in [2.45, 2.75) is 44.6 Å². The number of halogens is 1. The summed E-state index contributed by atoms with van der Waals surface area (Å²) in [7, 11) is -3.61. The van der Waals surface area contributed by atoms with Gasteiger partial charge in [0.25, 0.3) is 0 Å². The molecule has 0 aromatic carbocycles. The van der Waals surface area contributed by atoms with Crippen LogP contribution in [-0.4, -0.2) is 44.0 Å². The number of nitrogens with zero attached hydrogens (tertiary/aromatic N) is 2. The second-order valence-electron chi connectivity index (χ2n) is 4.98. The molecule has 0 fully saturated rings. The summed E-state index contributed by atoms with van der Waals surface area (Å²) in [4.78, 5) is 6.15. The van der Waals surface area contributed by atoms with E-state index in [1.54, 1.807) is 6.07 Å². The van der Waals surface area contributed by atoms with Crippen LogP contribution in [0.5, 0.6) is 0 Å². The Bertz CT molecular complexity index is 533. The van der Waals surface area contributed by atoms with Crippen molar-refractivity contribution in [1.82, 2.24) is 14.6 Å². The normalized spacial score (nSPS) is 13.6. The summed E-state index contributed by atoms with van der Waals surface area (Å²) in [5.74, 6) is 0. The Labute approximate surface area is 132 Å². The van der Waals surface area contributed by atoms with Crippen LogP contribution in [0.25, 0.3) is 0 Å². The Morgan fingerprint density at radius 3 is 2.62 bits per heavy atom. The first kappa shape index (κ1) is 18.4. The summed E-state index contributed by atoms with van der Waals surface area (Å²) in [6.07, 6.45) is 3.20. The van der Waals surface area contributed by atoms with E-state index in [9.17, 15) is 8.42 Å². The molecule has 21 heavy (non-hydrogen) atoms. The zero-order valence-electron chi connectivity index (χ0n) is 12.8. The van der Waals surface area contributed by atoms with Crippen LogP contribution in [0.2, 0.25) is 5.15 Å². The number of sulfonamides is 1. The van der Waals surface area contributed by atoms with Crippen molar-refractivity contribution < 1.29 is 8.42 Å². The molecular formula is C14H24ClN3O2S. The molecule has 5 nitrogen and oxygen atoms in total. The van der Waals surface area contributed by atoms with Gasteiger partial charge in [-0.1, -0.05) is 25.4 Å². The minimum absolute atomic E-state index is 0.000316. The van der Waals surface area contributed by atoms with Crippen molar-refractivity contribution >= 4 is 21.6 Å². The lowest BCUT2D eigenvalue weighted by atomic mass is 10.2. The predicted octanol–water partition coefficient (Wildman–Crippen LogP) is 2.52. The molecule has 1 aromatic heterocycles. The van der Waals surface area contributed by atoms with Gasteiger partial charge in [0.2, 0.25) is 10.0 Å². The Morgan fingerprint density at radius 2 is 2.05 bits per heavy atom. The molecule has 1 N–H and O–H groups in total. The van der Waals surface area contributed by atoms with Crippen LogP contribution in [0.1, 0.15) is 33.6 Å². The second kappa shape index (κ2) is 8.68. The predicted molar refractivity (Wildman–Crippen MR) is 86.1 cm³/mol. The standard InChI is InChI=1S/C14H24ClN3O2S/c1-4-18(5-2)11-7-8-12(3)17-21(19,20)13-9-6-10-16-14(13)15/h6,9-10,12,17H,4-5,7-8,11H2,1-3H3. The lowest BCUT2D eigenvalue weighted by Crippen LogP contribution is -2.34. The molecule has 0 saturated heterocycles. The van der Waals surface area contributed by atoms with Gasteiger partial charge in [-0.25, -0.2) is 18.1 Å². The molecule has 0 aliphatic carbocycles. The summed E-state index contributed by atoms with van der Waals surface area (Å²) >= 11 is 5.84. The maximum Gasteiger partial charge on any atom is 0.243 e. The van der Waals surface area contributed by atoms with Gasteiger partial charge in [0, 0.05) is 12.2 Å². The molecule has 1 atom stereocenters. The summed E-state index contributed by atoms with van der Waals surface area (Å²) in [5.41, 5.74) is 0. The van der Waals surface area contributed by atoms with Gasteiger partial charge in [0.05, 0.1) is 0 Å². The third-order valence-corrected chi connectivity index (χ3v) is 5.41. The van der Waals surface area contributed by atoms with Gasteiger partial charge in [-0.15, -0.1) is 0 Å². The average molecular weight is 334 g/mol. The third-order valence-electron chi connectivity index (χ3n) is 3.38. The summed E-state index contributed by atoms with van der Waals surface area (Å²) in [6.45, 7) is 9.13. The molecule has 1 aromatic rings. The van der Waals surface area contributed by atoms with E-state index in [0.717, 1.165) is 32.5 Å². The van der Waals surface area contributed by atoms with E-state index in [2.05, 4.69) is 28.5 Å². The number of hydrogen-bond donors (Lipinski definition) is 1. The average Bonchev–Trinajstić information content (AvgIpc) is 2.43. The van der Waals surface area contributed by atoms with Gasteiger partial charge >= 0.3 is 0 Å². The summed E-state index contributed by atoms with van der Waals surface area (Å²) < 4.78 is 27.1. The largest absolute Gasteiger partial charge is 0.304 e. The zero-order valence-corrected chi connectivity index (χ0v) is 14.4. The fourth-order valence-corrected chi connectivity index (χ4v) is 3.85. The first-order chi connectivity index (χ1) is 9.90. The fraction of sp³-hybridized carbons (Fsp3) is 0.643. The fourth-order valence-electron chi connectivity index (χ4n) is 2.12. The number of pyridine rings is 1. The van der Waals surface area contributed by atoms with E-state index in [0.29, 0.717) is 0 Å². The van der Waals surface area contributed by atoms with E-state index in [4.69, 9.17) is 11.6 Å². The molecule has 0 amide bonds. The molecular weight excluding hydrogens is 310 g/mol. The molecule has 0 spiro atoms. The monoisotopic (exact) mass is 333 g/mol. The van der Waals surface area contributed by atoms with Crippen molar-refractivity contribution in [2.24, 2.45) is 0 Å². The Balaban J connectivity index is 2.54. The minimum Gasteiger partial charge on any atom is -0.304 e. The molecule has 1 rings (SSSR count). The Kier molecular flexibility index (Phi) is 7.59. The van der Waals surface area contributed by atoms with Crippen molar-refractivity contribution in [1.29, 1.82) is 0 Å². The Hall–Kier alpha value is -0.690. The molecule has 0 saturated carbocycles. The highest BCUT2D eigenvalue weighted by Gasteiger charge is 2.20. The number of nitrogens with one attached hydrogen (secondary N) is 1. The quantitative estimate of drug-likeness (QED) is 0.705. The lowest BCUT2D eigenvalue weighted by molar-refractivity contribution is 0.293. The van der Waals surface area contributed by atoms with Gasteiger partial charge < -0.3 is 4.90 Å². The van der Waals surface area contributed by atoms with Gasteiger partial charge in [0.15, 0.2) is 0 Å². The van der Waals surface area contributed by atoms with Crippen LogP contribution in [0.3, 0.4) is 0 Å². The van der Waals surface area contributed by atoms with Gasteiger partial charge in [-0.05, 0) is 51.5 Å². The van der Waals surface area contributed by atoms with Gasteiger partial charge in [-0.2, -0.15) is 0 Å². The maximum absolute atomic E-state index is 12.2. The molecule has 1 unspecified atom stereocenters. The summed E-state index contributed by atoms with van der Waals surface area (Å²) in [5, 5.41) is 0.000316. The van der Waals surface area contributed by atoms with Crippen molar-refractivity contribution in [3.8, 4) is 0 Å². The second-order valence-corrected chi connectivity index (χ2v) is 7.02. The van der Waals surface area contributed by atoms with E-state index < -0.39 is 10.0 Å². The van der Waals surface area contributed by atoms with E-state index >= 15 is 0 Å². The molecule has 0 radical (unpaired) electrons. The Morgan fingerprint density at radius 1 is 1.38 bits per heavy atom. The molecule has 7 heteroatoms. The highest BCUT2D eigenvalue weighted by atomic mass is 35.5. The van der Waals surface area contributed by atoms with Crippen LogP contribution in [0.4, 0.5) is 0 Å². The molecule has 0 aliphatic rings. The van der Waals surface area contributed by atoms with Crippen molar-refractivity contribution in [3.63, 3.8) is 0 Å². The lowest BCUT2D eigenvalue weighted by Gasteiger charge is -2.19. The van der Waals surface area contributed by atoms with E-state index in [1.165, 1.54) is 12.3 Å². The number of rotatable bonds is 9. The van der Waals surface area contributed by atoms with Crippen molar-refractivity contribution in [2.75, 3.05) is 19.6 Å². The number of hydrogen-bond acceptors (Lipinski definition) is 4. The SMILES string of the molecule is CCN(CC)CCCC(C)NS(=O)(=O)c1cccnc1Cl. The minimum atomic E-state index is -3.61. The van der Waals surface area contributed by atoms with Crippen LogP contribution < -0.4 is 4.72 Å². The molecule has 0 bridgehead atoms. The first-order valence-corrected chi connectivity index (χ1v) is 9.12. The van der Waals surface area contributed by atoms with Crippen LogP contribution in [0.15, 0.2) is 23.2 Å². The number of aromatic nitrogens is 1. The van der Waals surface area contributed by atoms with E-state index in [1.807, 2.05) is 6.92 Å². The van der Waals surface area contributed by atoms with Crippen molar-refractivity contribution in [3.05, 3.63) is 23.5 Å².